The summed E-state index contributed by atoms with van der Waals surface area (Å²) in [5.74, 6) is 1.53. The van der Waals surface area contributed by atoms with Gasteiger partial charge in [-0.15, -0.1) is 0 Å². The summed E-state index contributed by atoms with van der Waals surface area (Å²) in [4.78, 5) is 12.1. The fourth-order valence-electron chi connectivity index (χ4n) is 4.88. The number of pyridine rings is 2. The summed E-state index contributed by atoms with van der Waals surface area (Å²) >= 11 is 0. The van der Waals surface area contributed by atoms with Crippen molar-refractivity contribution in [1.29, 1.82) is 0 Å². The molecule has 0 amide bonds. The van der Waals surface area contributed by atoms with Crippen molar-refractivity contribution in [2.45, 2.75) is 60.5 Å². The topological polar surface area (TPSA) is 56.7 Å². The summed E-state index contributed by atoms with van der Waals surface area (Å²) in [5.41, 5.74) is 8.78. The van der Waals surface area contributed by atoms with Crippen molar-refractivity contribution in [3.05, 3.63) is 70.0 Å². The van der Waals surface area contributed by atoms with Crippen LogP contribution < -0.4 is 9.47 Å². The van der Waals surface area contributed by atoms with Crippen molar-refractivity contribution in [1.82, 2.24) is 14.9 Å². The molecule has 0 atom stereocenters. The highest BCUT2D eigenvalue weighted by molar-refractivity contribution is 5.70. The molecule has 0 bridgehead atoms. The number of ether oxygens (including phenoxy) is 3. The lowest BCUT2D eigenvalue weighted by atomic mass is 9.94. The van der Waals surface area contributed by atoms with Crippen molar-refractivity contribution < 1.29 is 14.2 Å². The van der Waals surface area contributed by atoms with Gasteiger partial charge in [-0.05, 0) is 50.3 Å². The maximum absolute atomic E-state index is 6.48. The van der Waals surface area contributed by atoms with Crippen molar-refractivity contribution in [3.63, 3.8) is 0 Å². The molecule has 1 aliphatic rings. The number of aromatic nitrogens is 2. The molecule has 1 fully saturated rings. The third-order valence-corrected chi connectivity index (χ3v) is 7.13. The highest BCUT2D eigenvalue weighted by atomic mass is 16.5. The Morgan fingerprint density at radius 1 is 0.865 bits per heavy atom. The van der Waals surface area contributed by atoms with Crippen LogP contribution in [0.5, 0.6) is 11.6 Å². The fraction of sp³-hybridized carbons (Fsp3) is 0.484. The molecule has 6 heteroatoms. The first-order valence-corrected chi connectivity index (χ1v) is 13.7. The Bertz CT molecular complexity index is 1170. The predicted octanol–water partition coefficient (Wildman–Crippen LogP) is 5.74. The van der Waals surface area contributed by atoms with E-state index < -0.39 is 0 Å². The molecular weight excluding hydrogens is 462 g/mol. The van der Waals surface area contributed by atoms with E-state index in [1.807, 2.05) is 13.0 Å². The van der Waals surface area contributed by atoms with Gasteiger partial charge >= 0.3 is 0 Å². The van der Waals surface area contributed by atoms with Gasteiger partial charge in [0.25, 0.3) is 0 Å². The first-order valence-electron chi connectivity index (χ1n) is 13.7. The zero-order valence-corrected chi connectivity index (χ0v) is 23.1. The Balaban J connectivity index is 1.66. The van der Waals surface area contributed by atoms with Gasteiger partial charge in [0.1, 0.15) is 19.0 Å². The van der Waals surface area contributed by atoms with Crippen LogP contribution in [0, 0.1) is 13.8 Å². The number of morpholine rings is 1. The number of benzene rings is 1. The molecule has 2 aromatic heterocycles. The van der Waals surface area contributed by atoms with Crippen LogP contribution >= 0.6 is 0 Å². The minimum Gasteiger partial charge on any atom is -0.492 e. The molecule has 3 aromatic rings. The lowest BCUT2D eigenvalue weighted by Crippen LogP contribution is -2.38. The van der Waals surface area contributed by atoms with Crippen molar-refractivity contribution >= 4 is 0 Å². The molecule has 1 aromatic carbocycles. The standard InChI is InChI=1S/C31H41N3O3/c1-6-24-10-9-11-25(7-2)30(24)28-20-29(36-19-16-34-14-17-35-18-15-34)27(23(5)33-28)21-37-31-26(8-3)13-12-22(4)32-31/h9-13,20H,6-8,14-19,21H2,1-5H3. The molecule has 198 valence electrons. The summed E-state index contributed by atoms with van der Waals surface area (Å²) in [6.07, 6.45) is 2.79. The highest BCUT2D eigenvalue weighted by Crippen LogP contribution is 2.33. The average Bonchev–Trinajstić information content (AvgIpc) is 2.92. The molecule has 0 spiro atoms. The third-order valence-electron chi connectivity index (χ3n) is 7.13. The average molecular weight is 504 g/mol. The largest absolute Gasteiger partial charge is 0.492 e. The van der Waals surface area contributed by atoms with Gasteiger partial charge in [-0.3, -0.25) is 9.88 Å². The van der Waals surface area contributed by atoms with Crippen molar-refractivity contribution in [2.24, 2.45) is 0 Å². The molecule has 1 aliphatic heterocycles. The maximum Gasteiger partial charge on any atom is 0.217 e. The van der Waals surface area contributed by atoms with Crippen LogP contribution in [-0.4, -0.2) is 54.3 Å². The lowest BCUT2D eigenvalue weighted by Gasteiger charge is -2.26. The second-order valence-corrected chi connectivity index (χ2v) is 9.59. The number of nitrogens with zero attached hydrogens (tertiary/aromatic N) is 3. The van der Waals surface area contributed by atoms with E-state index in [1.165, 1.54) is 16.7 Å². The highest BCUT2D eigenvalue weighted by Gasteiger charge is 2.18. The molecule has 0 unspecified atom stereocenters. The summed E-state index contributed by atoms with van der Waals surface area (Å²) < 4.78 is 18.3. The van der Waals surface area contributed by atoms with Gasteiger partial charge in [-0.2, -0.15) is 0 Å². The minimum atomic E-state index is 0.367. The first kappa shape index (κ1) is 27.1. The summed E-state index contributed by atoms with van der Waals surface area (Å²) in [6.45, 7) is 15.9. The van der Waals surface area contributed by atoms with E-state index in [0.717, 1.165) is 86.1 Å². The van der Waals surface area contributed by atoms with Gasteiger partial charge in [-0.25, -0.2) is 4.98 Å². The van der Waals surface area contributed by atoms with E-state index >= 15 is 0 Å². The van der Waals surface area contributed by atoms with Crippen LogP contribution in [0.25, 0.3) is 11.3 Å². The van der Waals surface area contributed by atoms with E-state index in [2.05, 4.69) is 67.9 Å². The Labute approximate surface area is 222 Å². The van der Waals surface area contributed by atoms with Crippen LogP contribution in [0.1, 0.15) is 54.4 Å². The zero-order chi connectivity index (χ0) is 26.2. The van der Waals surface area contributed by atoms with Gasteiger partial charge in [0.05, 0.1) is 24.5 Å². The monoisotopic (exact) mass is 503 g/mol. The van der Waals surface area contributed by atoms with Crippen LogP contribution in [0.15, 0.2) is 36.4 Å². The molecule has 1 saturated heterocycles. The smallest absolute Gasteiger partial charge is 0.217 e. The zero-order valence-electron chi connectivity index (χ0n) is 23.1. The predicted molar refractivity (Wildman–Crippen MR) is 149 cm³/mol. The van der Waals surface area contributed by atoms with Gasteiger partial charge in [0.2, 0.25) is 5.88 Å². The van der Waals surface area contributed by atoms with E-state index in [4.69, 9.17) is 19.2 Å². The van der Waals surface area contributed by atoms with Gasteiger partial charge in [-0.1, -0.05) is 45.0 Å². The van der Waals surface area contributed by atoms with E-state index in [0.29, 0.717) is 19.1 Å². The van der Waals surface area contributed by atoms with Crippen LogP contribution in [0.2, 0.25) is 0 Å². The van der Waals surface area contributed by atoms with Crippen molar-refractivity contribution in [2.75, 3.05) is 39.5 Å². The Hall–Kier alpha value is -2.96. The third kappa shape index (κ3) is 6.68. The van der Waals surface area contributed by atoms with E-state index in [-0.39, 0.29) is 0 Å². The summed E-state index contributed by atoms with van der Waals surface area (Å²) in [7, 11) is 0. The summed E-state index contributed by atoms with van der Waals surface area (Å²) in [6, 6.07) is 12.8. The number of aryl methyl sites for hydroxylation is 5. The van der Waals surface area contributed by atoms with Crippen LogP contribution in [-0.2, 0) is 30.6 Å². The Morgan fingerprint density at radius 2 is 1.57 bits per heavy atom. The van der Waals surface area contributed by atoms with Crippen LogP contribution in [0.4, 0.5) is 0 Å². The Morgan fingerprint density at radius 3 is 2.24 bits per heavy atom. The molecule has 6 nitrogen and oxygen atoms in total. The molecule has 37 heavy (non-hydrogen) atoms. The SMILES string of the molecule is CCc1ccc(C)nc1OCc1c(OCCN2CCOCC2)cc(-c2c(CC)cccc2CC)nc1C. The quantitative estimate of drug-likeness (QED) is 0.333. The van der Waals surface area contributed by atoms with Gasteiger partial charge in [0, 0.05) is 48.2 Å². The van der Waals surface area contributed by atoms with E-state index in [1.54, 1.807) is 0 Å². The molecule has 0 radical (unpaired) electrons. The van der Waals surface area contributed by atoms with E-state index in [9.17, 15) is 0 Å². The van der Waals surface area contributed by atoms with Crippen molar-refractivity contribution in [3.8, 4) is 22.9 Å². The second-order valence-electron chi connectivity index (χ2n) is 9.59. The molecule has 4 rings (SSSR count). The number of hydrogen-bond donors (Lipinski definition) is 0. The first-order chi connectivity index (χ1) is 18.0. The lowest BCUT2D eigenvalue weighted by molar-refractivity contribution is 0.0321. The normalized spacial score (nSPS) is 14.1. The molecule has 0 saturated carbocycles. The number of hydrogen-bond acceptors (Lipinski definition) is 6. The Kier molecular flexibility index (Phi) is 9.53. The molecule has 0 N–H and O–H groups in total. The minimum absolute atomic E-state index is 0.367. The van der Waals surface area contributed by atoms with Crippen LogP contribution in [0.3, 0.4) is 0 Å². The number of rotatable bonds is 11. The fourth-order valence-corrected chi connectivity index (χ4v) is 4.88. The maximum atomic E-state index is 6.48. The second kappa shape index (κ2) is 13.0. The molecular formula is C31H41N3O3. The molecule has 3 heterocycles. The summed E-state index contributed by atoms with van der Waals surface area (Å²) in [5, 5.41) is 0. The molecule has 0 aliphatic carbocycles. The van der Waals surface area contributed by atoms with Gasteiger partial charge in [0.15, 0.2) is 0 Å². The van der Waals surface area contributed by atoms with Gasteiger partial charge < -0.3 is 14.2 Å².